The minimum Gasteiger partial charge on any atom is -0.294 e. The fraction of sp³-hybridized carbons (Fsp3) is 0.217. The lowest BCUT2D eigenvalue weighted by Gasteiger charge is -2.37. The Hall–Kier alpha value is -3.54. The molecular formula is C23H21N5O. The third kappa shape index (κ3) is 2.88. The number of ketones is 1. The topological polar surface area (TPSA) is 65.6 Å². The lowest BCUT2D eigenvalue weighted by molar-refractivity contribution is 0.0855. The second-order valence-corrected chi connectivity index (χ2v) is 8.13. The van der Waals surface area contributed by atoms with Gasteiger partial charge in [0.1, 0.15) is 11.7 Å². The first-order valence-electron chi connectivity index (χ1n) is 9.68. The van der Waals surface area contributed by atoms with Crippen LogP contribution in [0.15, 0.2) is 73.1 Å². The van der Waals surface area contributed by atoms with Crippen LogP contribution >= 0.6 is 0 Å². The van der Waals surface area contributed by atoms with Gasteiger partial charge in [-0.15, -0.1) is 5.10 Å². The molecule has 0 bridgehead atoms. The van der Waals surface area contributed by atoms with Crippen LogP contribution in [-0.2, 0) is 0 Å². The summed E-state index contributed by atoms with van der Waals surface area (Å²) in [6.07, 6.45) is 4.08. The number of Topliss-reactive ketones (excluding diaryl/α,β-unsaturated/α-hetero) is 1. The summed E-state index contributed by atoms with van der Waals surface area (Å²) in [5, 5.41) is 13.4. The van der Waals surface area contributed by atoms with E-state index in [1.165, 1.54) is 0 Å². The molecule has 0 fully saturated rings. The van der Waals surface area contributed by atoms with Crippen LogP contribution < -0.4 is 0 Å². The Kier molecular flexibility index (Phi) is 3.94. The number of hydrogen-bond acceptors (Lipinski definition) is 4. The zero-order valence-electron chi connectivity index (χ0n) is 16.4. The number of carbonyl (C=O) groups is 1. The number of carbonyl (C=O) groups excluding carboxylic acids is 1. The molecule has 1 atom stereocenters. The van der Waals surface area contributed by atoms with Crippen LogP contribution in [0.3, 0.4) is 0 Å². The maximum Gasteiger partial charge on any atom is 0.167 e. The molecule has 0 aliphatic heterocycles. The average molecular weight is 383 g/mol. The number of nitrogens with zero attached hydrogens (tertiary/aromatic N) is 5. The molecule has 0 saturated carbocycles. The van der Waals surface area contributed by atoms with Gasteiger partial charge >= 0.3 is 0 Å². The van der Waals surface area contributed by atoms with E-state index in [1.54, 1.807) is 6.20 Å². The van der Waals surface area contributed by atoms with Gasteiger partial charge in [-0.2, -0.15) is 5.10 Å². The molecule has 5 rings (SSSR count). The largest absolute Gasteiger partial charge is 0.294 e. The number of rotatable bonds is 3. The van der Waals surface area contributed by atoms with Crippen molar-refractivity contribution in [3.8, 4) is 16.9 Å². The third-order valence-corrected chi connectivity index (χ3v) is 5.57. The van der Waals surface area contributed by atoms with Crippen LogP contribution in [0.2, 0.25) is 0 Å². The molecule has 6 nitrogen and oxygen atoms in total. The van der Waals surface area contributed by atoms with Gasteiger partial charge in [0.15, 0.2) is 5.78 Å². The van der Waals surface area contributed by atoms with Crippen molar-refractivity contribution in [1.82, 2.24) is 24.8 Å². The Morgan fingerprint density at radius 1 is 1.00 bits per heavy atom. The molecule has 1 aliphatic carbocycles. The van der Waals surface area contributed by atoms with Gasteiger partial charge in [0.05, 0.1) is 29.3 Å². The summed E-state index contributed by atoms with van der Waals surface area (Å²) in [7, 11) is 0. The molecule has 1 aliphatic rings. The minimum atomic E-state index is -0.335. The Balaban J connectivity index is 1.68. The zero-order valence-corrected chi connectivity index (χ0v) is 16.4. The summed E-state index contributed by atoms with van der Waals surface area (Å²) < 4.78 is 3.75. The average Bonchev–Trinajstić information content (AvgIpc) is 3.37. The Labute approximate surface area is 168 Å². The van der Waals surface area contributed by atoms with Gasteiger partial charge in [-0.1, -0.05) is 67.6 Å². The van der Waals surface area contributed by atoms with Crippen molar-refractivity contribution >= 4 is 5.78 Å². The molecule has 2 aromatic heterocycles. The first kappa shape index (κ1) is 17.6. The lowest BCUT2D eigenvalue weighted by atomic mass is 9.72. The molecule has 2 heterocycles. The van der Waals surface area contributed by atoms with E-state index in [-0.39, 0.29) is 17.2 Å². The predicted molar refractivity (Wildman–Crippen MR) is 110 cm³/mol. The van der Waals surface area contributed by atoms with E-state index in [4.69, 9.17) is 0 Å². The molecule has 29 heavy (non-hydrogen) atoms. The maximum atomic E-state index is 12.9. The zero-order chi connectivity index (χ0) is 20.0. The molecule has 0 unspecified atom stereocenters. The fourth-order valence-electron chi connectivity index (χ4n) is 4.21. The highest BCUT2D eigenvalue weighted by molar-refractivity contribution is 5.99. The van der Waals surface area contributed by atoms with Crippen LogP contribution in [0, 0.1) is 5.41 Å². The summed E-state index contributed by atoms with van der Waals surface area (Å²) in [6, 6.07) is 19.7. The monoisotopic (exact) mass is 383 g/mol. The van der Waals surface area contributed by atoms with Crippen LogP contribution in [0.25, 0.3) is 16.9 Å². The van der Waals surface area contributed by atoms with Crippen molar-refractivity contribution in [1.29, 1.82) is 0 Å². The van der Waals surface area contributed by atoms with Gasteiger partial charge < -0.3 is 0 Å². The number of fused-ring (bicyclic) bond motifs is 1. The maximum absolute atomic E-state index is 12.9. The first-order valence-corrected chi connectivity index (χ1v) is 9.68. The third-order valence-electron chi connectivity index (χ3n) is 5.57. The summed E-state index contributed by atoms with van der Waals surface area (Å²) in [4.78, 5) is 12.9. The molecular weight excluding hydrogens is 362 g/mol. The van der Waals surface area contributed by atoms with Gasteiger partial charge in [0.2, 0.25) is 0 Å². The van der Waals surface area contributed by atoms with E-state index in [0.717, 1.165) is 22.6 Å². The summed E-state index contributed by atoms with van der Waals surface area (Å²) in [6.45, 7) is 4.20. The highest BCUT2D eigenvalue weighted by Gasteiger charge is 2.44. The van der Waals surface area contributed by atoms with Crippen LogP contribution in [0.1, 0.15) is 42.4 Å². The number of para-hydroxylation sites is 1. The van der Waals surface area contributed by atoms with Gasteiger partial charge in [-0.25, -0.2) is 9.36 Å². The van der Waals surface area contributed by atoms with Gasteiger partial charge in [-0.05, 0) is 12.1 Å². The highest BCUT2D eigenvalue weighted by atomic mass is 16.1. The van der Waals surface area contributed by atoms with E-state index in [1.807, 2.05) is 76.2 Å². The molecule has 0 saturated heterocycles. The molecule has 0 amide bonds. The van der Waals surface area contributed by atoms with Crippen molar-refractivity contribution in [3.05, 3.63) is 84.3 Å². The Bertz CT molecular complexity index is 1170. The van der Waals surface area contributed by atoms with Crippen molar-refractivity contribution in [2.45, 2.75) is 26.3 Å². The molecule has 4 aromatic rings. The summed E-state index contributed by atoms with van der Waals surface area (Å²) >= 11 is 0. The van der Waals surface area contributed by atoms with Crippen molar-refractivity contribution in [2.24, 2.45) is 5.41 Å². The van der Waals surface area contributed by atoms with Crippen LogP contribution in [0.5, 0.6) is 0 Å². The van der Waals surface area contributed by atoms with E-state index in [9.17, 15) is 4.79 Å². The second-order valence-electron chi connectivity index (χ2n) is 8.13. The van der Waals surface area contributed by atoms with Crippen LogP contribution in [-0.4, -0.2) is 30.6 Å². The van der Waals surface area contributed by atoms with E-state index >= 15 is 0 Å². The Morgan fingerprint density at radius 2 is 1.69 bits per heavy atom. The minimum absolute atomic E-state index is 0.117. The smallest absolute Gasteiger partial charge is 0.167 e. The molecule has 144 valence electrons. The molecule has 6 heteroatoms. The van der Waals surface area contributed by atoms with Gasteiger partial charge in [0.25, 0.3) is 0 Å². The normalized spacial score (nSPS) is 17.9. The number of benzene rings is 2. The molecule has 0 N–H and O–H groups in total. The first-order chi connectivity index (χ1) is 14.0. The standard InChI is InChI=1S/C23H21N5O/c1-23(2)13-20(29)18-14-24-28(17-11-7-4-8-12-17)21(18)22(23)27-15-19(25-26-27)16-9-5-3-6-10-16/h3-12,14-15,22H,13H2,1-2H3/t22-/m1/s1. The van der Waals surface area contributed by atoms with Crippen molar-refractivity contribution in [3.63, 3.8) is 0 Å². The lowest BCUT2D eigenvalue weighted by Crippen LogP contribution is -2.37. The SMILES string of the molecule is CC1(C)CC(=O)c2cnn(-c3ccccc3)c2[C@H]1n1cc(-c2ccccc2)nn1. The highest BCUT2D eigenvalue weighted by Crippen LogP contribution is 2.46. The van der Waals surface area contributed by atoms with E-state index in [2.05, 4.69) is 29.3 Å². The van der Waals surface area contributed by atoms with Crippen molar-refractivity contribution in [2.75, 3.05) is 0 Å². The van der Waals surface area contributed by atoms with Crippen molar-refractivity contribution < 1.29 is 4.79 Å². The van der Waals surface area contributed by atoms with Crippen LogP contribution in [0.4, 0.5) is 0 Å². The number of aromatic nitrogens is 5. The molecule has 2 aromatic carbocycles. The second kappa shape index (κ2) is 6.51. The quantitative estimate of drug-likeness (QED) is 0.528. The Morgan fingerprint density at radius 3 is 2.41 bits per heavy atom. The molecule has 0 spiro atoms. The van der Waals surface area contributed by atoms with Gasteiger partial charge in [0, 0.05) is 17.4 Å². The predicted octanol–water partition coefficient (Wildman–Crippen LogP) is 4.33. The summed E-state index contributed by atoms with van der Waals surface area (Å²) in [5.74, 6) is 0.117. The fourth-order valence-corrected chi connectivity index (χ4v) is 4.21. The summed E-state index contributed by atoms with van der Waals surface area (Å²) in [5.41, 5.74) is 3.94. The van der Waals surface area contributed by atoms with E-state index < -0.39 is 0 Å². The van der Waals surface area contributed by atoms with Gasteiger partial charge in [-0.3, -0.25) is 4.79 Å². The number of hydrogen-bond donors (Lipinski definition) is 0. The van der Waals surface area contributed by atoms with E-state index in [0.29, 0.717) is 12.0 Å². The molecule has 0 radical (unpaired) electrons.